The first-order valence-corrected chi connectivity index (χ1v) is 6.79. The number of hydrogen-bond acceptors (Lipinski definition) is 6. The van der Waals surface area contributed by atoms with Crippen LogP contribution >= 0.6 is 0 Å². The van der Waals surface area contributed by atoms with Crippen LogP contribution in [0.5, 0.6) is 0 Å². The molecule has 0 amide bonds. The molecule has 1 heterocycles. The molecule has 112 valence electrons. The molecule has 0 fully saturated rings. The lowest BCUT2D eigenvalue weighted by Gasteiger charge is -2.21. The number of halogens is 1. The highest BCUT2D eigenvalue weighted by molar-refractivity contribution is 5.61. The number of nitrogens with one attached hydrogen (secondary N) is 2. The molecular weight excluding hydrogens is 271 g/mol. The van der Waals surface area contributed by atoms with Gasteiger partial charge >= 0.3 is 0 Å². The minimum absolute atomic E-state index is 0.0774. The predicted octanol–water partition coefficient (Wildman–Crippen LogP) is 2.49. The lowest BCUT2D eigenvalue weighted by atomic mass is 10.2. The SMILES string of the molecule is CCN(CC)c1ccc(Nc2nc(NN)ncc2F)cc1. The fourth-order valence-electron chi connectivity index (χ4n) is 2.01. The van der Waals surface area contributed by atoms with Gasteiger partial charge in [0.25, 0.3) is 0 Å². The summed E-state index contributed by atoms with van der Waals surface area (Å²) in [6.45, 7) is 6.09. The minimum atomic E-state index is -0.540. The minimum Gasteiger partial charge on any atom is -0.372 e. The number of anilines is 4. The van der Waals surface area contributed by atoms with E-state index in [4.69, 9.17) is 5.84 Å². The first-order chi connectivity index (χ1) is 10.2. The van der Waals surface area contributed by atoms with Crippen molar-refractivity contribution in [2.75, 3.05) is 28.7 Å². The number of nitrogen functional groups attached to an aromatic ring is 1. The van der Waals surface area contributed by atoms with Crippen LogP contribution in [-0.2, 0) is 0 Å². The van der Waals surface area contributed by atoms with Crippen LogP contribution in [0.25, 0.3) is 0 Å². The maximum atomic E-state index is 13.6. The summed E-state index contributed by atoms with van der Waals surface area (Å²) in [5.41, 5.74) is 4.15. The molecule has 2 aromatic rings. The van der Waals surface area contributed by atoms with E-state index in [9.17, 15) is 4.39 Å². The zero-order valence-corrected chi connectivity index (χ0v) is 12.1. The first-order valence-electron chi connectivity index (χ1n) is 6.79. The highest BCUT2D eigenvalue weighted by Gasteiger charge is 2.07. The Morgan fingerprint density at radius 1 is 1.19 bits per heavy atom. The third kappa shape index (κ3) is 3.57. The second-order valence-electron chi connectivity index (χ2n) is 4.38. The van der Waals surface area contributed by atoms with Gasteiger partial charge < -0.3 is 10.2 Å². The van der Waals surface area contributed by atoms with Crippen LogP contribution in [0.15, 0.2) is 30.5 Å². The van der Waals surface area contributed by atoms with Gasteiger partial charge in [-0.25, -0.2) is 15.2 Å². The Balaban J connectivity index is 2.17. The van der Waals surface area contributed by atoms with Gasteiger partial charge in [-0.1, -0.05) is 0 Å². The molecule has 0 spiro atoms. The van der Waals surface area contributed by atoms with Crippen molar-refractivity contribution in [2.24, 2.45) is 5.84 Å². The van der Waals surface area contributed by atoms with E-state index in [0.29, 0.717) is 0 Å². The van der Waals surface area contributed by atoms with Crippen molar-refractivity contribution in [1.82, 2.24) is 9.97 Å². The summed E-state index contributed by atoms with van der Waals surface area (Å²) >= 11 is 0. The molecule has 0 bridgehead atoms. The molecule has 4 N–H and O–H groups in total. The van der Waals surface area contributed by atoms with E-state index in [-0.39, 0.29) is 11.8 Å². The van der Waals surface area contributed by atoms with Gasteiger partial charge in [0.2, 0.25) is 5.95 Å². The third-order valence-corrected chi connectivity index (χ3v) is 3.13. The standard InChI is InChI=1S/C14H19FN6/c1-3-21(4-2)11-7-5-10(6-8-11)18-13-12(15)9-17-14(19-13)20-16/h5-9H,3-4,16H2,1-2H3,(H2,17,18,19,20). The number of nitrogens with two attached hydrogens (primary N) is 1. The Bertz CT molecular complexity index is 583. The number of hydrazine groups is 1. The van der Waals surface area contributed by atoms with E-state index in [1.54, 1.807) is 0 Å². The number of aromatic nitrogens is 2. The number of hydrogen-bond donors (Lipinski definition) is 3. The van der Waals surface area contributed by atoms with Crippen LogP contribution in [0.4, 0.5) is 27.5 Å². The summed E-state index contributed by atoms with van der Waals surface area (Å²) in [5, 5.41) is 2.91. The van der Waals surface area contributed by atoms with E-state index in [1.165, 1.54) is 0 Å². The average molecular weight is 290 g/mol. The second kappa shape index (κ2) is 6.85. The highest BCUT2D eigenvalue weighted by atomic mass is 19.1. The molecule has 0 aliphatic rings. The predicted molar refractivity (Wildman–Crippen MR) is 83.1 cm³/mol. The molecular formula is C14H19FN6. The largest absolute Gasteiger partial charge is 0.372 e. The quantitative estimate of drug-likeness (QED) is 0.560. The van der Waals surface area contributed by atoms with Gasteiger partial charge in [0.15, 0.2) is 11.6 Å². The van der Waals surface area contributed by atoms with Crippen LogP contribution in [0.2, 0.25) is 0 Å². The Labute approximate surface area is 123 Å². The molecule has 0 saturated heterocycles. The normalized spacial score (nSPS) is 10.3. The highest BCUT2D eigenvalue weighted by Crippen LogP contribution is 2.22. The monoisotopic (exact) mass is 290 g/mol. The van der Waals surface area contributed by atoms with Crippen molar-refractivity contribution < 1.29 is 4.39 Å². The van der Waals surface area contributed by atoms with Gasteiger partial charge in [-0.05, 0) is 38.1 Å². The Kier molecular flexibility index (Phi) is 4.89. The molecule has 1 aromatic carbocycles. The first kappa shape index (κ1) is 15.0. The van der Waals surface area contributed by atoms with E-state index < -0.39 is 5.82 Å². The topological polar surface area (TPSA) is 79.1 Å². The smallest absolute Gasteiger partial charge is 0.239 e. The molecule has 2 rings (SSSR count). The van der Waals surface area contributed by atoms with Gasteiger partial charge in [0.1, 0.15) is 0 Å². The molecule has 21 heavy (non-hydrogen) atoms. The van der Waals surface area contributed by atoms with E-state index in [1.807, 2.05) is 24.3 Å². The number of nitrogens with zero attached hydrogens (tertiary/aromatic N) is 3. The molecule has 0 saturated carbocycles. The molecule has 1 aromatic heterocycles. The van der Waals surface area contributed by atoms with Crippen molar-refractivity contribution >= 4 is 23.1 Å². The molecule has 0 unspecified atom stereocenters. The van der Waals surface area contributed by atoms with Crippen LogP contribution in [0, 0.1) is 5.82 Å². The molecule has 0 radical (unpaired) electrons. The van der Waals surface area contributed by atoms with Gasteiger partial charge in [-0.2, -0.15) is 4.98 Å². The lowest BCUT2D eigenvalue weighted by molar-refractivity contribution is 0.619. The van der Waals surface area contributed by atoms with Crippen molar-refractivity contribution in [3.8, 4) is 0 Å². The van der Waals surface area contributed by atoms with E-state index in [0.717, 1.165) is 30.7 Å². The van der Waals surface area contributed by atoms with Crippen LogP contribution in [0.1, 0.15) is 13.8 Å². The fraction of sp³-hybridized carbons (Fsp3) is 0.286. The van der Waals surface area contributed by atoms with Gasteiger partial charge in [0, 0.05) is 24.5 Å². The summed E-state index contributed by atoms with van der Waals surface area (Å²) in [6, 6.07) is 7.72. The van der Waals surface area contributed by atoms with E-state index in [2.05, 4.69) is 39.5 Å². The van der Waals surface area contributed by atoms with Crippen LogP contribution in [-0.4, -0.2) is 23.1 Å². The Morgan fingerprint density at radius 3 is 2.43 bits per heavy atom. The Hall–Kier alpha value is -2.41. The molecule has 0 aliphatic carbocycles. The third-order valence-electron chi connectivity index (χ3n) is 3.13. The van der Waals surface area contributed by atoms with Gasteiger partial charge in [-0.3, -0.25) is 5.43 Å². The summed E-state index contributed by atoms with van der Waals surface area (Å²) in [6.07, 6.45) is 1.06. The summed E-state index contributed by atoms with van der Waals surface area (Å²) < 4.78 is 13.6. The summed E-state index contributed by atoms with van der Waals surface area (Å²) in [7, 11) is 0. The molecule has 7 heteroatoms. The zero-order chi connectivity index (χ0) is 15.2. The van der Waals surface area contributed by atoms with Crippen LogP contribution < -0.4 is 21.5 Å². The van der Waals surface area contributed by atoms with E-state index >= 15 is 0 Å². The maximum Gasteiger partial charge on any atom is 0.239 e. The van der Waals surface area contributed by atoms with Gasteiger partial charge in [0.05, 0.1) is 6.20 Å². The van der Waals surface area contributed by atoms with Crippen LogP contribution in [0.3, 0.4) is 0 Å². The maximum absolute atomic E-state index is 13.6. The van der Waals surface area contributed by atoms with Crippen molar-refractivity contribution in [2.45, 2.75) is 13.8 Å². The number of benzene rings is 1. The lowest BCUT2D eigenvalue weighted by Crippen LogP contribution is -2.21. The zero-order valence-electron chi connectivity index (χ0n) is 12.1. The molecule has 0 atom stereocenters. The summed E-state index contributed by atoms with van der Waals surface area (Å²) in [4.78, 5) is 9.85. The second-order valence-corrected chi connectivity index (χ2v) is 4.38. The average Bonchev–Trinajstić information content (AvgIpc) is 2.52. The van der Waals surface area contributed by atoms with Crippen molar-refractivity contribution in [3.63, 3.8) is 0 Å². The molecule has 6 nitrogen and oxygen atoms in total. The van der Waals surface area contributed by atoms with Crippen molar-refractivity contribution in [1.29, 1.82) is 0 Å². The molecule has 0 aliphatic heterocycles. The Morgan fingerprint density at radius 2 is 1.86 bits per heavy atom. The summed E-state index contributed by atoms with van der Waals surface area (Å²) in [5.74, 6) is 4.90. The number of rotatable bonds is 6. The fourth-order valence-corrected chi connectivity index (χ4v) is 2.01. The van der Waals surface area contributed by atoms with Crippen molar-refractivity contribution in [3.05, 3.63) is 36.3 Å². The van der Waals surface area contributed by atoms with Gasteiger partial charge in [-0.15, -0.1) is 0 Å².